The molecule has 0 radical (unpaired) electrons. The van der Waals surface area contributed by atoms with Crippen molar-refractivity contribution in [1.29, 1.82) is 0 Å². The number of halogens is 3. The smallest absolute Gasteiger partial charge is 0.252 e. The van der Waals surface area contributed by atoms with Gasteiger partial charge in [-0.05, 0) is 100 Å². The predicted molar refractivity (Wildman–Crippen MR) is 239 cm³/mol. The fourth-order valence-corrected chi connectivity index (χ4v) is 9.61. The summed E-state index contributed by atoms with van der Waals surface area (Å²) in [6.07, 6.45) is 12.1. The van der Waals surface area contributed by atoms with Crippen LogP contribution < -0.4 is 10.6 Å². The first-order chi connectivity index (χ1) is 28.6. The third-order valence-electron chi connectivity index (χ3n) is 12.4. The average molecular weight is 860 g/mol. The summed E-state index contributed by atoms with van der Waals surface area (Å²) in [5.41, 5.74) is 7.26. The number of hydrogen-bond donors (Lipinski definition) is 2. The monoisotopic (exact) mass is 858 g/mol. The van der Waals surface area contributed by atoms with Gasteiger partial charge in [0.05, 0.1) is 33.5 Å². The average Bonchev–Trinajstić information content (AvgIpc) is 3.26. The molecule has 0 spiro atoms. The minimum atomic E-state index is -0.369. The Morgan fingerprint density at radius 3 is 1.53 bits per heavy atom. The molecular weight excluding hydrogens is 806 g/mol. The molecular formula is C50H53BrF2N4O2. The summed E-state index contributed by atoms with van der Waals surface area (Å²) in [6.45, 7) is 6.08. The van der Waals surface area contributed by atoms with E-state index in [9.17, 15) is 18.4 Å². The maximum absolute atomic E-state index is 14.1. The topological polar surface area (TPSA) is 84.0 Å². The Hall–Kier alpha value is -5.02. The third-order valence-corrected chi connectivity index (χ3v) is 12.9. The summed E-state index contributed by atoms with van der Waals surface area (Å²) in [7, 11) is 0. The van der Waals surface area contributed by atoms with Crippen LogP contribution in [0.15, 0.2) is 97.1 Å². The van der Waals surface area contributed by atoms with E-state index in [0.29, 0.717) is 50.1 Å². The highest BCUT2D eigenvalue weighted by Gasteiger charge is 2.27. The predicted octanol–water partition coefficient (Wildman–Crippen LogP) is 12.7. The van der Waals surface area contributed by atoms with Crippen molar-refractivity contribution in [2.24, 2.45) is 11.8 Å². The fraction of sp³-hybridized carbons (Fsp3) is 0.360. The number of alkyl halides is 1. The zero-order chi connectivity index (χ0) is 41.5. The van der Waals surface area contributed by atoms with Crippen molar-refractivity contribution in [3.63, 3.8) is 0 Å². The van der Waals surface area contributed by atoms with E-state index in [1.54, 1.807) is 12.1 Å². The van der Waals surface area contributed by atoms with Gasteiger partial charge in [0.1, 0.15) is 11.6 Å². The first kappa shape index (κ1) is 42.1. The first-order valence-electron chi connectivity index (χ1n) is 21.1. The molecule has 2 amide bonds. The Morgan fingerprint density at radius 1 is 0.627 bits per heavy atom. The lowest BCUT2D eigenvalue weighted by Gasteiger charge is -2.28. The SMILES string of the molecule is C[C@H](NC(=O)c1c(CBr)c(-c2ccccc2)nc2ccc(F)cc12)C1CCCCC1.Cc1c(-c2ccccc2)nc2ccc(F)cc2c1C(=O)N[C@@H](C)C1CCCCC1. The molecule has 6 aromatic rings. The molecule has 9 heteroatoms. The molecule has 59 heavy (non-hydrogen) atoms. The summed E-state index contributed by atoms with van der Waals surface area (Å²) in [4.78, 5) is 36.4. The van der Waals surface area contributed by atoms with Gasteiger partial charge in [-0.15, -0.1) is 0 Å². The van der Waals surface area contributed by atoms with Gasteiger partial charge in [-0.25, -0.2) is 18.7 Å². The van der Waals surface area contributed by atoms with Crippen LogP contribution in [-0.4, -0.2) is 33.9 Å². The van der Waals surface area contributed by atoms with Crippen molar-refractivity contribution in [3.05, 3.63) is 131 Å². The maximum atomic E-state index is 14.1. The summed E-state index contributed by atoms with van der Waals surface area (Å²) < 4.78 is 28.2. The fourth-order valence-electron chi connectivity index (χ4n) is 9.06. The number of benzene rings is 4. The quantitative estimate of drug-likeness (QED) is 0.142. The lowest BCUT2D eigenvalue weighted by molar-refractivity contribution is 0.0912. The number of carbonyl (C=O) groups is 2. The Morgan fingerprint density at radius 2 is 1.05 bits per heavy atom. The van der Waals surface area contributed by atoms with Crippen LogP contribution in [0.2, 0.25) is 0 Å². The molecule has 6 nitrogen and oxygen atoms in total. The number of carbonyl (C=O) groups excluding carboxylic acids is 2. The van der Waals surface area contributed by atoms with Gasteiger partial charge >= 0.3 is 0 Å². The van der Waals surface area contributed by atoms with Crippen LogP contribution in [-0.2, 0) is 5.33 Å². The van der Waals surface area contributed by atoms with E-state index < -0.39 is 0 Å². The van der Waals surface area contributed by atoms with Crippen LogP contribution in [0, 0.1) is 30.4 Å². The van der Waals surface area contributed by atoms with E-state index in [1.807, 2.05) is 67.6 Å². The van der Waals surface area contributed by atoms with Gasteiger partial charge in [0.25, 0.3) is 11.8 Å². The number of nitrogens with one attached hydrogen (secondary N) is 2. The van der Waals surface area contributed by atoms with Crippen molar-refractivity contribution in [3.8, 4) is 22.5 Å². The Labute approximate surface area is 354 Å². The minimum Gasteiger partial charge on any atom is -0.349 e. The molecule has 0 aliphatic heterocycles. The summed E-state index contributed by atoms with van der Waals surface area (Å²) >= 11 is 3.56. The molecule has 0 unspecified atom stereocenters. The zero-order valence-corrected chi connectivity index (χ0v) is 35.8. The number of hydrogen-bond acceptors (Lipinski definition) is 4. The Balaban J connectivity index is 0.000000179. The molecule has 2 aromatic heterocycles. The lowest BCUT2D eigenvalue weighted by atomic mass is 9.84. The number of aromatic nitrogens is 2. The number of amides is 2. The van der Waals surface area contributed by atoms with Crippen LogP contribution >= 0.6 is 15.9 Å². The first-order valence-corrected chi connectivity index (χ1v) is 22.3. The second-order valence-electron chi connectivity index (χ2n) is 16.3. The molecule has 2 saturated carbocycles. The van der Waals surface area contributed by atoms with Gasteiger partial charge in [-0.1, -0.05) is 115 Å². The molecule has 2 heterocycles. The summed E-state index contributed by atoms with van der Waals surface area (Å²) in [6, 6.07) is 28.8. The maximum Gasteiger partial charge on any atom is 0.252 e. The van der Waals surface area contributed by atoms with Crippen molar-refractivity contribution in [1.82, 2.24) is 20.6 Å². The zero-order valence-electron chi connectivity index (χ0n) is 34.2. The van der Waals surface area contributed by atoms with Crippen molar-refractivity contribution in [2.45, 2.75) is 102 Å². The van der Waals surface area contributed by atoms with E-state index in [-0.39, 0.29) is 35.5 Å². The van der Waals surface area contributed by atoms with Crippen molar-refractivity contribution in [2.75, 3.05) is 0 Å². The Bertz CT molecular complexity index is 2410. The van der Waals surface area contributed by atoms with Crippen LogP contribution in [0.5, 0.6) is 0 Å². The number of nitrogens with zero attached hydrogens (tertiary/aromatic N) is 2. The lowest BCUT2D eigenvalue weighted by Crippen LogP contribution is -2.39. The van der Waals surface area contributed by atoms with Gasteiger partial charge < -0.3 is 10.6 Å². The van der Waals surface area contributed by atoms with Gasteiger partial charge in [-0.2, -0.15) is 0 Å². The van der Waals surface area contributed by atoms with Gasteiger partial charge in [0.2, 0.25) is 0 Å². The van der Waals surface area contributed by atoms with Crippen LogP contribution in [0.25, 0.3) is 44.3 Å². The normalized spacial score (nSPS) is 15.9. The van der Waals surface area contributed by atoms with Crippen LogP contribution in [0.1, 0.15) is 110 Å². The number of rotatable bonds is 9. The van der Waals surface area contributed by atoms with Gasteiger partial charge in [0, 0.05) is 44.9 Å². The van der Waals surface area contributed by atoms with Crippen LogP contribution in [0.3, 0.4) is 0 Å². The van der Waals surface area contributed by atoms with Gasteiger partial charge in [-0.3, -0.25) is 9.59 Å². The molecule has 2 atom stereocenters. The highest BCUT2D eigenvalue weighted by Crippen LogP contribution is 2.34. The number of fused-ring (bicyclic) bond motifs is 2. The van der Waals surface area contributed by atoms with E-state index >= 15 is 0 Å². The van der Waals surface area contributed by atoms with E-state index in [4.69, 9.17) is 9.97 Å². The minimum absolute atomic E-state index is 0.0814. The van der Waals surface area contributed by atoms with Gasteiger partial charge in [0.15, 0.2) is 0 Å². The standard InChI is InChI=1S/C25H26BrFN2O.C25H27FN2O/c1-16(17-8-4-2-5-9-17)28-25(30)23-20-14-19(27)12-13-22(20)29-24(21(23)15-26)18-10-6-3-7-11-18;1-16-23(25(29)27-17(2)18-9-5-3-6-10-18)21-15-20(26)13-14-22(21)28-24(16)19-11-7-4-8-12-19/h3,6-7,10-14,16-17H,2,4-5,8-9,15H2,1H3,(H,28,30);4,7-8,11-15,17-18H,3,5-6,9-10H2,1-2H3,(H,27,29)/t16-;17-/m00/s1. The highest BCUT2D eigenvalue weighted by atomic mass is 79.9. The molecule has 2 fully saturated rings. The molecule has 2 aliphatic carbocycles. The third kappa shape index (κ3) is 9.73. The number of pyridine rings is 2. The van der Waals surface area contributed by atoms with Crippen LogP contribution in [0.4, 0.5) is 8.78 Å². The van der Waals surface area contributed by atoms with Crippen molar-refractivity contribution < 1.29 is 18.4 Å². The van der Waals surface area contributed by atoms with Crippen molar-refractivity contribution >= 4 is 49.6 Å². The highest BCUT2D eigenvalue weighted by molar-refractivity contribution is 9.08. The largest absolute Gasteiger partial charge is 0.349 e. The molecule has 8 rings (SSSR count). The van der Waals surface area contributed by atoms with E-state index in [2.05, 4.69) is 40.4 Å². The molecule has 4 aromatic carbocycles. The molecule has 2 aliphatic rings. The van der Waals surface area contributed by atoms with E-state index in [1.165, 1.54) is 62.8 Å². The molecule has 0 bridgehead atoms. The molecule has 306 valence electrons. The van der Waals surface area contributed by atoms with E-state index in [0.717, 1.165) is 59.3 Å². The second-order valence-corrected chi connectivity index (χ2v) is 16.8. The second kappa shape index (κ2) is 19.4. The Kier molecular flexibility index (Phi) is 13.8. The molecule has 2 N–H and O–H groups in total. The summed E-state index contributed by atoms with van der Waals surface area (Å²) in [5.74, 6) is -0.0272. The summed E-state index contributed by atoms with van der Waals surface area (Å²) in [5, 5.41) is 8.00. The molecule has 0 saturated heterocycles.